The molecule has 1 aliphatic heterocycles. The fraction of sp³-hybridized carbons (Fsp3) is 0.929. The zero-order valence-electron chi connectivity index (χ0n) is 12.7. The average Bonchev–Trinajstić information content (AvgIpc) is 2.51. The van der Waals surface area contributed by atoms with E-state index < -0.39 is 0 Å². The first-order chi connectivity index (χ1) is 8.32. The van der Waals surface area contributed by atoms with Crippen molar-refractivity contribution in [3.63, 3.8) is 0 Å². The SMILES string of the molecule is CC(C)CC1NC(C)C(=O)N1CCN(C)C(C)C. The van der Waals surface area contributed by atoms with Crippen LogP contribution in [0.1, 0.15) is 41.0 Å². The quantitative estimate of drug-likeness (QED) is 0.781. The van der Waals surface area contributed by atoms with Gasteiger partial charge in [-0.15, -0.1) is 0 Å². The van der Waals surface area contributed by atoms with Crippen molar-refractivity contribution < 1.29 is 4.79 Å². The van der Waals surface area contributed by atoms with Gasteiger partial charge < -0.3 is 9.80 Å². The normalized spacial score (nSPS) is 24.9. The Bertz CT molecular complexity index is 278. The minimum absolute atomic E-state index is 0.0295. The summed E-state index contributed by atoms with van der Waals surface area (Å²) in [6.07, 6.45) is 1.25. The van der Waals surface area contributed by atoms with Gasteiger partial charge in [0.15, 0.2) is 0 Å². The Kier molecular flexibility index (Phi) is 5.60. The minimum atomic E-state index is -0.0295. The molecule has 4 heteroatoms. The molecule has 18 heavy (non-hydrogen) atoms. The molecular formula is C14H29N3O. The third-order valence-corrected chi connectivity index (χ3v) is 3.74. The Morgan fingerprint density at radius 3 is 2.44 bits per heavy atom. The van der Waals surface area contributed by atoms with Crippen LogP contribution in [0.4, 0.5) is 0 Å². The predicted octanol–water partition coefficient (Wildman–Crippen LogP) is 1.52. The maximum absolute atomic E-state index is 12.1. The van der Waals surface area contributed by atoms with E-state index in [1.807, 2.05) is 11.8 Å². The van der Waals surface area contributed by atoms with Crippen LogP contribution in [-0.4, -0.2) is 54.1 Å². The van der Waals surface area contributed by atoms with Crippen molar-refractivity contribution >= 4 is 5.91 Å². The summed E-state index contributed by atoms with van der Waals surface area (Å²) in [4.78, 5) is 16.4. The molecule has 1 fully saturated rings. The van der Waals surface area contributed by atoms with Gasteiger partial charge in [-0.1, -0.05) is 13.8 Å². The Labute approximate surface area is 112 Å². The van der Waals surface area contributed by atoms with E-state index in [4.69, 9.17) is 0 Å². The molecule has 0 radical (unpaired) electrons. The van der Waals surface area contributed by atoms with Gasteiger partial charge in [0.25, 0.3) is 0 Å². The van der Waals surface area contributed by atoms with E-state index in [1.54, 1.807) is 0 Å². The van der Waals surface area contributed by atoms with Crippen molar-refractivity contribution in [1.29, 1.82) is 0 Å². The summed E-state index contributed by atoms with van der Waals surface area (Å²) in [7, 11) is 2.11. The van der Waals surface area contributed by atoms with Crippen LogP contribution in [-0.2, 0) is 4.79 Å². The maximum Gasteiger partial charge on any atom is 0.240 e. The Morgan fingerprint density at radius 1 is 1.33 bits per heavy atom. The zero-order valence-corrected chi connectivity index (χ0v) is 12.7. The average molecular weight is 255 g/mol. The van der Waals surface area contributed by atoms with Gasteiger partial charge in [-0.05, 0) is 40.2 Å². The maximum atomic E-state index is 12.1. The molecular weight excluding hydrogens is 226 g/mol. The monoisotopic (exact) mass is 255 g/mol. The number of nitrogens with zero attached hydrogens (tertiary/aromatic N) is 2. The summed E-state index contributed by atoms with van der Waals surface area (Å²) in [5.41, 5.74) is 0. The molecule has 1 saturated heterocycles. The highest BCUT2D eigenvalue weighted by Gasteiger charge is 2.35. The number of nitrogens with one attached hydrogen (secondary N) is 1. The highest BCUT2D eigenvalue weighted by molar-refractivity contribution is 5.83. The third-order valence-electron chi connectivity index (χ3n) is 3.74. The van der Waals surface area contributed by atoms with E-state index in [1.165, 1.54) is 0 Å². The second-order valence-corrected chi connectivity index (χ2v) is 6.14. The van der Waals surface area contributed by atoms with Crippen LogP contribution in [0, 0.1) is 5.92 Å². The molecule has 0 aromatic rings. The molecule has 0 saturated carbocycles. The zero-order chi connectivity index (χ0) is 13.9. The number of likely N-dealkylation sites (N-methyl/N-ethyl adjacent to an activating group) is 1. The third kappa shape index (κ3) is 3.95. The van der Waals surface area contributed by atoms with E-state index in [0.717, 1.165) is 19.5 Å². The number of carbonyl (C=O) groups excluding carboxylic acids is 1. The molecule has 0 aromatic heterocycles. The molecule has 0 spiro atoms. The first-order valence-electron chi connectivity index (χ1n) is 7.09. The summed E-state index contributed by atoms with van der Waals surface area (Å²) in [5, 5.41) is 3.40. The first-order valence-corrected chi connectivity index (χ1v) is 7.09. The van der Waals surface area contributed by atoms with Gasteiger partial charge in [0, 0.05) is 19.1 Å². The highest BCUT2D eigenvalue weighted by Crippen LogP contribution is 2.17. The van der Waals surface area contributed by atoms with Crippen LogP contribution < -0.4 is 5.32 Å². The summed E-state index contributed by atoms with van der Waals surface area (Å²) in [6.45, 7) is 12.5. The van der Waals surface area contributed by atoms with Crippen molar-refractivity contribution in [2.75, 3.05) is 20.1 Å². The molecule has 1 rings (SSSR count). The van der Waals surface area contributed by atoms with Gasteiger partial charge in [0.05, 0.1) is 12.2 Å². The summed E-state index contributed by atoms with van der Waals surface area (Å²) >= 11 is 0. The summed E-state index contributed by atoms with van der Waals surface area (Å²) in [6, 6.07) is 0.495. The Hall–Kier alpha value is -0.610. The molecule has 106 valence electrons. The van der Waals surface area contributed by atoms with Crippen molar-refractivity contribution in [2.24, 2.45) is 5.92 Å². The van der Waals surface area contributed by atoms with Gasteiger partial charge in [-0.3, -0.25) is 10.1 Å². The molecule has 0 aliphatic carbocycles. The number of hydrogen-bond acceptors (Lipinski definition) is 3. The highest BCUT2D eigenvalue weighted by atomic mass is 16.2. The van der Waals surface area contributed by atoms with E-state index in [9.17, 15) is 4.79 Å². The van der Waals surface area contributed by atoms with Gasteiger partial charge in [-0.2, -0.15) is 0 Å². The molecule has 1 amide bonds. The molecule has 1 aliphatic rings. The van der Waals surface area contributed by atoms with E-state index >= 15 is 0 Å². The van der Waals surface area contributed by atoms with Crippen LogP contribution in [0.5, 0.6) is 0 Å². The molecule has 2 atom stereocenters. The molecule has 4 nitrogen and oxygen atoms in total. The largest absolute Gasteiger partial charge is 0.325 e. The summed E-state index contributed by atoms with van der Waals surface area (Å²) in [5.74, 6) is 0.851. The van der Waals surface area contributed by atoms with Crippen LogP contribution in [0.3, 0.4) is 0 Å². The van der Waals surface area contributed by atoms with Gasteiger partial charge in [-0.25, -0.2) is 0 Å². The predicted molar refractivity (Wildman–Crippen MR) is 75.3 cm³/mol. The van der Waals surface area contributed by atoms with Crippen LogP contribution >= 0.6 is 0 Å². The van der Waals surface area contributed by atoms with Gasteiger partial charge in [0.2, 0.25) is 5.91 Å². The van der Waals surface area contributed by atoms with Crippen molar-refractivity contribution in [2.45, 2.75) is 59.3 Å². The number of rotatable bonds is 6. The standard InChI is InChI=1S/C14H29N3O/c1-10(2)9-13-15-12(5)14(18)17(13)8-7-16(6)11(3)4/h10-13,15H,7-9H2,1-6H3. The molecule has 2 unspecified atom stereocenters. The number of hydrogen-bond donors (Lipinski definition) is 1. The lowest BCUT2D eigenvalue weighted by Gasteiger charge is -2.29. The number of amides is 1. The fourth-order valence-electron chi connectivity index (χ4n) is 2.28. The Balaban J connectivity index is 2.56. The van der Waals surface area contributed by atoms with Crippen LogP contribution in [0.2, 0.25) is 0 Å². The number of carbonyl (C=O) groups is 1. The van der Waals surface area contributed by atoms with Crippen LogP contribution in [0.25, 0.3) is 0 Å². The lowest BCUT2D eigenvalue weighted by molar-refractivity contribution is -0.130. The molecule has 1 heterocycles. The molecule has 0 bridgehead atoms. The van der Waals surface area contributed by atoms with Crippen LogP contribution in [0.15, 0.2) is 0 Å². The van der Waals surface area contributed by atoms with Crippen molar-refractivity contribution in [1.82, 2.24) is 15.1 Å². The van der Waals surface area contributed by atoms with Gasteiger partial charge >= 0.3 is 0 Å². The smallest absolute Gasteiger partial charge is 0.240 e. The molecule has 0 aromatic carbocycles. The van der Waals surface area contributed by atoms with E-state index in [0.29, 0.717) is 12.0 Å². The lowest BCUT2D eigenvalue weighted by Crippen LogP contribution is -2.43. The fourth-order valence-corrected chi connectivity index (χ4v) is 2.28. The minimum Gasteiger partial charge on any atom is -0.325 e. The molecule has 1 N–H and O–H groups in total. The lowest BCUT2D eigenvalue weighted by atomic mass is 10.1. The van der Waals surface area contributed by atoms with E-state index in [2.05, 4.69) is 45.0 Å². The van der Waals surface area contributed by atoms with Gasteiger partial charge in [0.1, 0.15) is 0 Å². The second-order valence-electron chi connectivity index (χ2n) is 6.14. The van der Waals surface area contributed by atoms with E-state index in [-0.39, 0.29) is 18.1 Å². The topological polar surface area (TPSA) is 35.6 Å². The second kappa shape index (κ2) is 6.53. The van der Waals surface area contributed by atoms with Crippen molar-refractivity contribution in [3.05, 3.63) is 0 Å². The Morgan fingerprint density at radius 2 is 1.94 bits per heavy atom. The summed E-state index contributed by atoms with van der Waals surface area (Å²) < 4.78 is 0. The van der Waals surface area contributed by atoms with Crippen molar-refractivity contribution in [3.8, 4) is 0 Å². The first kappa shape index (κ1) is 15.4.